The lowest BCUT2D eigenvalue weighted by molar-refractivity contribution is 0.239. The second-order valence-corrected chi connectivity index (χ2v) is 4.86. The van der Waals surface area contributed by atoms with Crippen LogP contribution in [0.4, 0.5) is 4.79 Å². The number of urea groups is 1. The number of hydrogen-bond acceptors (Lipinski definition) is 2. The molecule has 4 nitrogen and oxygen atoms in total. The molecule has 0 aliphatic heterocycles. The normalized spacial score (nSPS) is 10.1. The standard InChI is InChI=1S/C16H26N2O2/c1-3-4-7-11-17-16(19)18-12-8-13-20-15-10-6-5-9-14(15)2/h5-6,9-10H,3-4,7-8,11-13H2,1-2H3,(H2,17,18,19). The van der Waals surface area contributed by atoms with Gasteiger partial charge in [0.15, 0.2) is 0 Å². The molecule has 0 aliphatic carbocycles. The first kappa shape index (κ1) is 16.3. The number of hydrogen-bond donors (Lipinski definition) is 2. The van der Waals surface area contributed by atoms with E-state index in [9.17, 15) is 4.79 Å². The molecule has 20 heavy (non-hydrogen) atoms. The van der Waals surface area contributed by atoms with Crippen LogP contribution in [-0.2, 0) is 0 Å². The van der Waals surface area contributed by atoms with Crippen LogP contribution >= 0.6 is 0 Å². The molecule has 1 aromatic carbocycles. The molecule has 1 aromatic rings. The van der Waals surface area contributed by atoms with Crippen LogP contribution < -0.4 is 15.4 Å². The van der Waals surface area contributed by atoms with E-state index in [0.717, 1.165) is 37.1 Å². The maximum atomic E-state index is 11.4. The molecule has 0 fully saturated rings. The summed E-state index contributed by atoms with van der Waals surface area (Å²) in [6.45, 7) is 6.16. The molecule has 0 heterocycles. The molecule has 0 saturated carbocycles. The summed E-state index contributed by atoms with van der Waals surface area (Å²) in [6.07, 6.45) is 4.17. The average Bonchev–Trinajstić information content (AvgIpc) is 2.45. The van der Waals surface area contributed by atoms with E-state index in [4.69, 9.17) is 4.74 Å². The van der Waals surface area contributed by atoms with Gasteiger partial charge in [0.05, 0.1) is 6.61 Å². The number of carbonyl (C=O) groups is 1. The molecule has 112 valence electrons. The Morgan fingerprint density at radius 3 is 2.50 bits per heavy atom. The van der Waals surface area contributed by atoms with Gasteiger partial charge in [-0.15, -0.1) is 0 Å². The van der Waals surface area contributed by atoms with Crippen LogP contribution in [0.25, 0.3) is 0 Å². The predicted molar refractivity (Wildman–Crippen MR) is 82.2 cm³/mol. The number of para-hydroxylation sites is 1. The Bertz CT molecular complexity index is 394. The van der Waals surface area contributed by atoms with Crippen LogP contribution in [0.5, 0.6) is 5.75 Å². The van der Waals surface area contributed by atoms with E-state index in [1.165, 1.54) is 6.42 Å². The third-order valence-electron chi connectivity index (χ3n) is 3.02. The van der Waals surface area contributed by atoms with Crippen molar-refractivity contribution in [1.82, 2.24) is 10.6 Å². The topological polar surface area (TPSA) is 50.4 Å². The van der Waals surface area contributed by atoms with Gasteiger partial charge < -0.3 is 15.4 Å². The lowest BCUT2D eigenvalue weighted by Gasteiger charge is -2.10. The monoisotopic (exact) mass is 278 g/mol. The first-order valence-corrected chi connectivity index (χ1v) is 7.44. The van der Waals surface area contributed by atoms with E-state index in [1.54, 1.807) is 0 Å². The van der Waals surface area contributed by atoms with Crippen LogP contribution in [-0.4, -0.2) is 25.7 Å². The fourth-order valence-electron chi connectivity index (χ4n) is 1.81. The van der Waals surface area contributed by atoms with Gasteiger partial charge in [-0.05, 0) is 31.4 Å². The van der Waals surface area contributed by atoms with E-state index in [2.05, 4.69) is 17.6 Å². The van der Waals surface area contributed by atoms with Crippen molar-refractivity contribution in [2.75, 3.05) is 19.7 Å². The SMILES string of the molecule is CCCCCNC(=O)NCCCOc1ccccc1C. The summed E-state index contributed by atoms with van der Waals surface area (Å²) in [5.74, 6) is 0.913. The number of aryl methyl sites for hydroxylation is 1. The molecule has 0 spiro atoms. The number of benzene rings is 1. The fraction of sp³-hybridized carbons (Fsp3) is 0.562. The van der Waals surface area contributed by atoms with Crippen molar-refractivity contribution in [3.63, 3.8) is 0 Å². The van der Waals surface area contributed by atoms with E-state index < -0.39 is 0 Å². The second kappa shape index (κ2) is 10.1. The molecule has 0 unspecified atom stereocenters. The Morgan fingerprint density at radius 2 is 1.80 bits per heavy atom. The van der Waals surface area contributed by atoms with Crippen molar-refractivity contribution >= 4 is 6.03 Å². The average molecular weight is 278 g/mol. The summed E-state index contributed by atoms with van der Waals surface area (Å²) in [6, 6.07) is 7.86. The molecule has 0 atom stereocenters. The highest BCUT2D eigenvalue weighted by Gasteiger charge is 2.00. The molecule has 0 bridgehead atoms. The molecule has 0 radical (unpaired) electrons. The Kier molecular flexibility index (Phi) is 8.27. The molecule has 1 rings (SSSR count). The number of amides is 2. The maximum Gasteiger partial charge on any atom is 0.314 e. The second-order valence-electron chi connectivity index (χ2n) is 4.86. The highest BCUT2D eigenvalue weighted by molar-refractivity contribution is 5.73. The van der Waals surface area contributed by atoms with Crippen molar-refractivity contribution in [3.05, 3.63) is 29.8 Å². The fourth-order valence-corrected chi connectivity index (χ4v) is 1.81. The Hall–Kier alpha value is -1.71. The summed E-state index contributed by atoms with van der Waals surface area (Å²) in [5, 5.41) is 5.67. The van der Waals surface area contributed by atoms with Crippen molar-refractivity contribution in [3.8, 4) is 5.75 Å². The van der Waals surface area contributed by atoms with Crippen molar-refractivity contribution in [1.29, 1.82) is 0 Å². The number of rotatable bonds is 9. The van der Waals surface area contributed by atoms with Gasteiger partial charge in [0.25, 0.3) is 0 Å². The quantitative estimate of drug-likeness (QED) is 0.681. The van der Waals surface area contributed by atoms with Crippen LogP contribution in [0.3, 0.4) is 0 Å². The molecule has 2 amide bonds. The Labute approximate surface area is 121 Å². The molecule has 0 saturated heterocycles. The number of unbranched alkanes of at least 4 members (excludes halogenated alkanes) is 2. The van der Waals surface area contributed by atoms with Crippen LogP contribution in [0.15, 0.2) is 24.3 Å². The summed E-state index contributed by atoms with van der Waals surface area (Å²) in [5.41, 5.74) is 1.13. The van der Waals surface area contributed by atoms with Gasteiger partial charge >= 0.3 is 6.03 Å². The van der Waals surface area contributed by atoms with Gasteiger partial charge in [-0.25, -0.2) is 4.79 Å². The molecular formula is C16H26N2O2. The molecule has 0 aromatic heterocycles. The first-order valence-electron chi connectivity index (χ1n) is 7.44. The van der Waals surface area contributed by atoms with Crippen LogP contribution in [0.1, 0.15) is 38.2 Å². The maximum absolute atomic E-state index is 11.4. The lowest BCUT2D eigenvalue weighted by atomic mass is 10.2. The van der Waals surface area contributed by atoms with Gasteiger partial charge in [-0.2, -0.15) is 0 Å². The van der Waals surface area contributed by atoms with Crippen LogP contribution in [0, 0.1) is 6.92 Å². The minimum Gasteiger partial charge on any atom is -0.493 e. The zero-order valence-corrected chi connectivity index (χ0v) is 12.6. The summed E-state index contributed by atoms with van der Waals surface area (Å²) in [7, 11) is 0. The summed E-state index contributed by atoms with van der Waals surface area (Å²) in [4.78, 5) is 11.4. The number of ether oxygens (including phenoxy) is 1. The van der Waals surface area contributed by atoms with Gasteiger partial charge in [0.2, 0.25) is 0 Å². The molecule has 4 heteroatoms. The minimum absolute atomic E-state index is 0.0861. The summed E-state index contributed by atoms with van der Waals surface area (Å²) < 4.78 is 5.66. The Balaban J connectivity index is 2.02. The zero-order chi connectivity index (χ0) is 14.6. The van der Waals surface area contributed by atoms with E-state index in [0.29, 0.717) is 13.2 Å². The molecular weight excluding hydrogens is 252 g/mol. The minimum atomic E-state index is -0.0861. The zero-order valence-electron chi connectivity index (χ0n) is 12.6. The van der Waals surface area contributed by atoms with Crippen molar-refractivity contribution in [2.24, 2.45) is 0 Å². The van der Waals surface area contributed by atoms with Gasteiger partial charge in [0, 0.05) is 13.1 Å². The first-order chi connectivity index (χ1) is 9.74. The third kappa shape index (κ3) is 7.02. The number of nitrogens with one attached hydrogen (secondary N) is 2. The smallest absolute Gasteiger partial charge is 0.314 e. The van der Waals surface area contributed by atoms with Gasteiger partial charge in [-0.3, -0.25) is 0 Å². The van der Waals surface area contributed by atoms with Crippen molar-refractivity contribution in [2.45, 2.75) is 39.5 Å². The molecule has 2 N–H and O–H groups in total. The largest absolute Gasteiger partial charge is 0.493 e. The number of carbonyl (C=O) groups excluding carboxylic acids is 1. The van der Waals surface area contributed by atoms with Crippen molar-refractivity contribution < 1.29 is 9.53 Å². The van der Waals surface area contributed by atoms with E-state index in [1.807, 2.05) is 31.2 Å². The van der Waals surface area contributed by atoms with Crippen LogP contribution in [0.2, 0.25) is 0 Å². The third-order valence-corrected chi connectivity index (χ3v) is 3.02. The van der Waals surface area contributed by atoms with Gasteiger partial charge in [-0.1, -0.05) is 38.0 Å². The predicted octanol–water partition coefficient (Wildman–Crippen LogP) is 3.25. The van der Waals surface area contributed by atoms with Gasteiger partial charge in [0.1, 0.15) is 5.75 Å². The van der Waals surface area contributed by atoms with E-state index in [-0.39, 0.29) is 6.03 Å². The highest BCUT2D eigenvalue weighted by Crippen LogP contribution is 2.15. The van der Waals surface area contributed by atoms with E-state index >= 15 is 0 Å². The lowest BCUT2D eigenvalue weighted by Crippen LogP contribution is -2.36. The molecule has 0 aliphatic rings. The highest BCUT2D eigenvalue weighted by atomic mass is 16.5. The Morgan fingerprint density at radius 1 is 1.10 bits per heavy atom. The summed E-state index contributed by atoms with van der Waals surface area (Å²) >= 11 is 0.